The van der Waals surface area contributed by atoms with Crippen molar-refractivity contribution in [3.8, 4) is 5.75 Å². The lowest BCUT2D eigenvalue weighted by molar-refractivity contribution is 0.0472. The quantitative estimate of drug-likeness (QED) is 0.292. The number of benzene rings is 3. The average Bonchev–Trinajstić information content (AvgIpc) is 3.15. The number of esters is 1. The Labute approximate surface area is 206 Å². The summed E-state index contributed by atoms with van der Waals surface area (Å²) in [5.74, 6) is 0.277. The minimum atomic E-state index is -0.466. The first-order valence-electron chi connectivity index (χ1n) is 11.1. The summed E-state index contributed by atoms with van der Waals surface area (Å²) in [6, 6.07) is 23.5. The molecule has 6 nitrogen and oxygen atoms in total. The van der Waals surface area contributed by atoms with Crippen LogP contribution >= 0.6 is 11.6 Å². The summed E-state index contributed by atoms with van der Waals surface area (Å²) in [5, 5.41) is 2.29. The monoisotopic (exact) mass is 486 g/mol. The number of carbonyl (C=O) groups is 1. The van der Waals surface area contributed by atoms with Gasteiger partial charge in [0.05, 0.1) is 16.8 Å². The van der Waals surface area contributed by atoms with Gasteiger partial charge < -0.3 is 18.6 Å². The molecule has 0 saturated heterocycles. The fourth-order valence-corrected chi connectivity index (χ4v) is 4.57. The van der Waals surface area contributed by atoms with E-state index in [0.717, 1.165) is 38.8 Å². The summed E-state index contributed by atoms with van der Waals surface area (Å²) in [6.07, 6.45) is 0. The highest BCUT2D eigenvalue weighted by molar-refractivity contribution is 6.30. The van der Waals surface area contributed by atoms with Crippen molar-refractivity contribution < 1.29 is 14.3 Å². The van der Waals surface area contributed by atoms with Crippen LogP contribution in [0, 0.1) is 0 Å². The van der Waals surface area contributed by atoms with Crippen LogP contribution in [0.25, 0.3) is 21.8 Å². The second kappa shape index (κ2) is 9.31. The molecule has 3 aromatic carbocycles. The van der Waals surface area contributed by atoms with Gasteiger partial charge in [0.2, 0.25) is 0 Å². The number of aromatic nitrogens is 2. The van der Waals surface area contributed by atoms with Crippen LogP contribution in [0.4, 0.5) is 0 Å². The maximum atomic E-state index is 12.8. The highest BCUT2D eigenvalue weighted by Crippen LogP contribution is 2.33. The van der Waals surface area contributed by atoms with Crippen LogP contribution in [0.15, 0.2) is 83.7 Å². The smallest absolute Gasteiger partial charge is 0.338 e. The number of halogens is 1. The Morgan fingerprint density at radius 2 is 1.63 bits per heavy atom. The molecule has 35 heavy (non-hydrogen) atoms. The molecule has 2 aromatic heterocycles. The second-order valence-electron chi connectivity index (χ2n) is 8.30. The molecule has 0 spiro atoms. The van der Waals surface area contributed by atoms with Gasteiger partial charge in [0.1, 0.15) is 19.0 Å². The predicted molar refractivity (Wildman–Crippen MR) is 137 cm³/mol. The van der Waals surface area contributed by atoms with Gasteiger partial charge in [-0.2, -0.15) is 0 Å². The molecule has 0 aliphatic carbocycles. The molecule has 0 saturated carbocycles. The van der Waals surface area contributed by atoms with Gasteiger partial charge in [0, 0.05) is 47.0 Å². The maximum absolute atomic E-state index is 12.8. The van der Waals surface area contributed by atoms with Gasteiger partial charge in [-0.15, -0.1) is 0 Å². The fraction of sp³-hybridized carbons (Fsp3) is 0.143. The third kappa shape index (κ3) is 4.29. The zero-order chi connectivity index (χ0) is 24.5. The van der Waals surface area contributed by atoms with E-state index in [1.807, 2.05) is 60.1 Å². The number of para-hydroxylation sites is 1. The highest BCUT2D eigenvalue weighted by Gasteiger charge is 2.21. The van der Waals surface area contributed by atoms with Crippen molar-refractivity contribution in [2.45, 2.75) is 13.2 Å². The van der Waals surface area contributed by atoms with Gasteiger partial charge in [-0.1, -0.05) is 35.9 Å². The summed E-state index contributed by atoms with van der Waals surface area (Å²) < 4.78 is 15.5. The lowest BCUT2D eigenvalue weighted by Gasteiger charge is -2.11. The summed E-state index contributed by atoms with van der Waals surface area (Å²) >= 11 is 6.05. The van der Waals surface area contributed by atoms with E-state index in [1.54, 1.807) is 41.9 Å². The molecule has 0 atom stereocenters. The van der Waals surface area contributed by atoms with Gasteiger partial charge in [0.15, 0.2) is 0 Å². The Morgan fingerprint density at radius 1 is 0.857 bits per heavy atom. The van der Waals surface area contributed by atoms with Crippen LogP contribution in [-0.2, 0) is 32.0 Å². The van der Waals surface area contributed by atoms with Crippen LogP contribution in [0.2, 0.25) is 5.02 Å². The van der Waals surface area contributed by atoms with Crippen molar-refractivity contribution in [1.82, 2.24) is 9.13 Å². The van der Waals surface area contributed by atoms with Gasteiger partial charge in [-0.3, -0.25) is 4.79 Å². The van der Waals surface area contributed by atoms with Crippen molar-refractivity contribution in [1.29, 1.82) is 0 Å². The zero-order valence-corrected chi connectivity index (χ0v) is 20.1. The number of carbonyl (C=O) groups excluding carboxylic acids is 1. The van der Waals surface area contributed by atoms with Gasteiger partial charge >= 0.3 is 5.97 Å². The lowest BCUT2D eigenvalue weighted by Crippen LogP contribution is -2.15. The first-order chi connectivity index (χ1) is 16.9. The highest BCUT2D eigenvalue weighted by atomic mass is 35.5. The molecule has 0 radical (unpaired) electrons. The Bertz CT molecular complexity index is 1620. The van der Waals surface area contributed by atoms with E-state index in [-0.39, 0.29) is 18.8 Å². The Kier molecular flexibility index (Phi) is 6.05. The summed E-state index contributed by atoms with van der Waals surface area (Å²) in [6.45, 7) is 0.324. The van der Waals surface area contributed by atoms with Crippen LogP contribution in [0.1, 0.15) is 21.6 Å². The number of fused-ring (bicyclic) bond motifs is 3. The molecular formula is C28H23ClN2O4. The van der Waals surface area contributed by atoms with E-state index >= 15 is 0 Å². The molecule has 0 unspecified atom stereocenters. The van der Waals surface area contributed by atoms with E-state index < -0.39 is 5.97 Å². The van der Waals surface area contributed by atoms with E-state index in [4.69, 9.17) is 21.1 Å². The molecule has 0 fully saturated rings. The largest absolute Gasteiger partial charge is 0.487 e. The van der Waals surface area contributed by atoms with E-state index in [0.29, 0.717) is 10.6 Å². The number of ether oxygens (including phenoxy) is 2. The molecule has 7 heteroatoms. The van der Waals surface area contributed by atoms with Gasteiger partial charge in [0.25, 0.3) is 5.56 Å². The van der Waals surface area contributed by atoms with Crippen LogP contribution in [-0.4, -0.2) is 15.1 Å². The molecule has 176 valence electrons. The van der Waals surface area contributed by atoms with Crippen molar-refractivity contribution in [2.75, 3.05) is 0 Å². The molecule has 0 amide bonds. The minimum Gasteiger partial charge on any atom is -0.487 e. The summed E-state index contributed by atoms with van der Waals surface area (Å²) in [7, 11) is 3.71. The Balaban J connectivity index is 1.61. The van der Waals surface area contributed by atoms with E-state index in [9.17, 15) is 9.59 Å². The maximum Gasteiger partial charge on any atom is 0.338 e. The number of aryl methyl sites for hydroxylation is 2. The number of hydrogen-bond acceptors (Lipinski definition) is 4. The van der Waals surface area contributed by atoms with Gasteiger partial charge in [-0.25, -0.2) is 4.79 Å². The number of pyridine rings is 1. The number of rotatable bonds is 6. The van der Waals surface area contributed by atoms with Crippen molar-refractivity contribution >= 4 is 39.4 Å². The van der Waals surface area contributed by atoms with E-state index in [1.165, 1.54) is 0 Å². The van der Waals surface area contributed by atoms with Crippen molar-refractivity contribution in [2.24, 2.45) is 14.1 Å². The minimum absolute atomic E-state index is 0.0398. The second-order valence-corrected chi connectivity index (χ2v) is 8.73. The molecule has 0 N–H and O–H groups in total. The van der Waals surface area contributed by atoms with Crippen LogP contribution in [0.3, 0.4) is 0 Å². The molecule has 0 aliphatic rings. The zero-order valence-electron chi connectivity index (χ0n) is 19.3. The van der Waals surface area contributed by atoms with Crippen LogP contribution in [0.5, 0.6) is 5.75 Å². The molecular weight excluding hydrogens is 464 g/mol. The summed E-state index contributed by atoms with van der Waals surface area (Å²) in [5.41, 5.74) is 3.76. The van der Waals surface area contributed by atoms with Gasteiger partial charge in [-0.05, 0) is 48.5 Å². The molecule has 5 aromatic rings. The predicted octanol–water partition coefficient (Wildman–Crippen LogP) is 5.62. The SMILES string of the molecule is Cn1c(COc2ccccc2)c(COC(=O)c2cccc(Cl)c2)c2c3ccc(=O)n(C)c3ccc21. The summed E-state index contributed by atoms with van der Waals surface area (Å²) in [4.78, 5) is 25.0. The lowest BCUT2D eigenvalue weighted by atomic mass is 10.1. The Morgan fingerprint density at radius 3 is 2.40 bits per heavy atom. The Hall–Kier alpha value is -4.03. The number of nitrogens with zero attached hydrogens (tertiary/aromatic N) is 2. The third-order valence-corrected chi connectivity index (χ3v) is 6.46. The van der Waals surface area contributed by atoms with Crippen molar-refractivity contribution in [3.63, 3.8) is 0 Å². The third-order valence-electron chi connectivity index (χ3n) is 6.23. The van der Waals surface area contributed by atoms with E-state index in [2.05, 4.69) is 0 Å². The fourth-order valence-electron chi connectivity index (χ4n) is 4.38. The standard InChI is InChI=1S/C28H23ClN2O4/c1-30-24-13-12-23-21(11-14-26(32)31(23)2)27(24)22(25(30)17-34-20-9-4-3-5-10-20)16-35-28(33)18-7-6-8-19(29)15-18/h3-15H,16-17H2,1-2H3. The number of hydrogen-bond donors (Lipinski definition) is 0. The molecule has 0 bridgehead atoms. The first-order valence-corrected chi connectivity index (χ1v) is 11.5. The normalized spacial score (nSPS) is 11.2. The van der Waals surface area contributed by atoms with Crippen molar-refractivity contribution in [3.05, 3.63) is 111 Å². The average molecular weight is 487 g/mol. The first kappa shape index (κ1) is 22.7. The molecule has 2 heterocycles. The molecule has 0 aliphatic heterocycles. The topological polar surface area (TPSA) is 62.5 Å². The molecule has 5 rings (SSSR count). The van der Waals surface area contributed by atoms with Crippen LogP contribution < -0.4 is 10.3 Å².